The van der Waals surface area contributed by atoms with E-state index < -0.39 is 0 Å². The molecular weight excluding hydrogens is 396 g/mol. The highest BCUT2D eigenvalue weighted by atomic mass is 35.5. The summed E-state index contributed by atoms with van der Waals surface area (Å²) in [5.74, 6) is 1.29. The lowest BCUT2D eigenvalue weighted by Gasteiger charge is -2.18. The maximum atomic E-state index is 13.4. The summed E-state index contributed by atoms with van der Waals surface area (Å²) in [5, 5.41) is 1.79. The van der Waals surface area contributed by atoms with Gasteiger partial charge in [0.15, 0.2) is 5.16 Å². The van der Waals surface area contributed by atoms with Crippen molar-refractivity contribution in [3.63, 3.8) is 0 Å². The number of rotatable bonds is 5. The smallest absolute Gasteiger partial charge is 0.266 e. The standard InChI is InChI=1S/C21H21ClN2O3S/c1-13-10-18(19(26-2)11-16(13)22)24-20(25)15-7-3-4-8-17(15)23-21(24)28-12-14-6-5-9-27-14/h3-4,7-8,10-11,14H,5-6,9,12H2,1-2H3/t14-/m0/s1. The number of benzene rings is 2. The van der Waals surface area contributed by atoms with Gasteiger partial charge in [-0.15, -0.1) is 0 Å². The zero-order valence-electron chi connectivity index (χ0n) is 15.8. The van der Waals surface area contributed by atoms with Gasteiger partial charge in [0, 0.05) is 23.4 Å². The van der Waals surface area contributed by atoms with Crippen LogP contribution in [0.15, 0.2) is 46.3 Å². The molecular formula is C21H21ClN2O3S. The first-order valence-electron chi connectivity index (χ1n) is 9.19. The third-order valence-corrected chi connectivity index (χ3v) is 6.35. The van der Waals surface area contributed by atoms with E-state index in [0.29, 0.717) is 32.5 Å². The second kappa shape index (κ2) is 8.15. The third-order valence-electron chi connectivity index (χ3n) is 4.87. The number of para-hydroxylation sites is 1. The summed E-state index contributed by atoms with van der Waals surface area (Å²) in [7, 11) is 1.57. The highest BCUT2D eigenvalue weighted by molar-refractivity contribution is 7.99. The van der Waals surface area contributed by atoms with Crippen molar-refractivity contribution in [3.8, 4) is 11.4 Å². The van der Waals surface area contributed by atoms with Gasteiger partial charge in [-0.2, -0.15) is 0 Å². The molecule has 2 heterocycles. The molecule has 0 radical (unpaired) electrons. The number of thioether (sulfide) groups is 1. The molecule has 0 N–H and O–H groups in total. The molecule has 1 saturated heterocycles. The van der Waals surface area contributed by atoms with E-state index >= 15 is 0 Å². The molecule has 0 spiro atoms. The number of aromatic nitrogens is 2. The van der Waals surface area contributed by atoms with E-state index in [4.69, 9.17) is 26.1 Å². The van der Waals surface area contributed by atoms with Crippen LogP contribution >= 0.6 is 23.4 Å². The predicted octanol–water partition coefficient (Wildman–Crippen LogP) is 4.63. The van der Waals surface area contributed by atoms with Crippen molar-refractivity contribution < 1.29 is 9.47 Å². The van der Waals surface area contributed by atoms with Crippen molar-refractivity contribution in [1.29, 1.82) is 0 Å². The Morgan fingerprint density at radius 1 is 1.36 bits per heavy atom. The number of fused-ring (bicyclic) bond motifs is 1. The summed E-state index contributed by atoms with van der Waals surface area (Å²) in [5.41, 5.74) is 2.07. The maximum Gasteiger partial charge on any atom is 0.266 e. The summed E-state index contributed by atoms with van der Waals surface area (Å²) >= 11 is 7.80. The topological polar surface area (TPSA) is 53.4 Å². The highest BCUT2D eigenvalue weighted by Gasteiger charge is 2.21. The third kappa shape index (κ3) is 3.64. The van der Waals surface area contributed by atoms with Crippen LogP contribution in [0.2, 0.25) is 5.02 Å². The van der Waals surface area contributed by atoms with Gasteiger partial charge in [0.05, 0.1) is 29.8 Å². The molecule has 7 heteroatoms. The number of hydrogen-bond acceptors (Lipinski definition) is 5. The Hall–Kier alpha value is -2.02. The largest absolute Gasteiger partial charge is 0.495 e. The first-order valence-corrected chi connectivity index (χ1v) is 10.6. The number of aryl methyl sites for hydroxylation is 1. The molecule has 0 bridgehead atoms. The Morgan fingerprint density at radius 2 is 2.18 bits per heavy atom. The molecule has 28 heavy (non-hydrogen) atoms. The fourth-order valence-corrected chi connectivity index (χ4v) is 4.58. The van der Waals surface area contributed by atoms with E-state index in [-0.39, 0.29) is 11.7 Å². The van der Waals surface area contributed by atoms with E-state index in [1.807, 2.05) is 31.2 Å². The lowest BCUT2D eigenvalue weighted by Crippen LogP contribution is -2.23. The van der Waals surface area contributed by atoms with Gasteiger partial charge in [-0.3, -0.25) is 9.36 Å². The lowest BCUT2D eigenvalue weighted by atomic mass is 10.2. The van der Waals surface area contributed by atoms with Crippen LogP contribution in [-0.4, -0.2) is 35.1 Å². The summed E-state index contributed by atoms with van der Waals surface area (Å²) in [6.07, 6.45) is 2.30. The molecule has 1 aliphatic rings. The second-order valence-corrected chi connectivity index (χ2v) is 8.17. The quantitative estimate of drug-likeness (QED) is 0.448. The fraction of sp³-hybridized carbons (Fsp3) is 0.333. The first kappa shape index (κ1) is 19.3. The average molecular weight is 417 g/mol. The van der Waals surface area contributed by atoms with Crippen molar-refractivity contribution >= 4 is 34.3 Å². The zero-order valence-corrected chi connectivity index (χ0v) is 17.3. The second-order valence-electron chi connectivity index (χ2n) is 6.77. The predicted molar refractivity (Wildman–Crippen MR) is 113 cm³/mol. The fourth-order valence-electron chi connectivity index (χ4n) is 3.35. The molecule has 146 valence electrons. The molecule has 0 unspecified atom stereocenters. The molecule has 3 aromatic rings. The number of halogens is 1. The van der Waals surface area contributed by atoms with Crippen molar-refractivity contribution in [1.82, 2.24) is 9.55 Å². The Kier molecular flexibility index (Phi) is 5.62. The molecule has 1 aliphatic heterocycles. The van der Waals surface area contributed by atoms with Gasteiger partial charge in [0.2, 0.25) is 0 Å². The average Bonchev–Trinajstić information content (AvgIpc) is 3.22. The van der Waals surface area contributed by atoms with Gasteiger partial charge in [0.1, 0.15) is 5.75 Å². The molecule has 0 saturated carbocycles. The Bertz CT molecular complexity index is 1080. The summed E-state index contributed by atoms with van der Waals surface area (Å²) < 4.78 is 12.9. The van der Waals surface area contributed by atoms with Crippen LogP contribution in [0.3, 0.4) is 0 Å². The number of methoxy groups -OCH3 is 1. The van der Waals surface area contributed by atoms with Crippen LogP contribution in [0.25, 0.3) is 16.6 Å². The maximum absolute atomic E-state index is 13.4. The summed E-state index contributed by atoms with van der Waals surface area (Å²) in [6.45, 7) is 2.71. The van der Waals surface area contributed by atoms with Gasteiger partial charge in [-0.25, -0.2) is 4.98 Å². The van der Waals surface area contributed by atoms with Crippen LogP contribution in [0.5, 0.6) is 5.75 Å². The molecule has 0 amide bonds. The molecule has 2 aromatic carbocycles. The van der Waals surface area contributed by atoms with Gasteiger partial charge < -0.3 is 9.47 Å². The van der Waals surface area contributed by atoms with Crippen molar-refractivity contribution in [2.24, 2.45) is 0 Å². The van der Waals surface area contributed by atoms with E-state index in [2.05, 4.69) is 0 Å². The Balaban J connectivity index is 1.90. The molecule has 1 atom stereocenters. The molecule has 5 nitrogen and oxygen atoms in total. The summed E-state index contributed by atoms with van der Waals surface area (Å²) in [4.78, 5) is 18.2. The molecule has 0 aliphatic carbocycles. The molecule has 4 rings (SSSR count). The number of nitrogens with zero attached hydrogens (tertiary/aromatic N) is 2. The van der Waals surface area contributed by atoms with Crippen LogP contribution in [0.4, 0.5) is 0 Å². The number of ether oxygens (including phenoxy) is 2. The van der Waals surface area contributed by atoms with Crippen molar-refractivity contribution in [3.05, 3.63) is 57.3 Å². The van der Waals surface area contributed by atoms with Gasteiger partial charge in [0.25, 0.3) is 5.56 Å². The normalized spacial score (nSPS) is 16.6. The minimum atomic E-state index is -0.125. The first-order chi connectivity index (χ1) is 13.6. The molecule has 1 fully saturated rings. The Labute approximate surface area is 172 Å². The van der Waals surface area contributed by atoms with Crippen LogP contribution in [0.1, 0.15) is 18.4 Å². The van der Waals surface area contributed by atoms with E-state index in [0.717, 1.165) is 30.8 Å². The lowest BCUT2D eigenvalue weighted by molar-refractivity contribution is 0.129. The van der Waals surface area contributed by atoms with Crippen LogP contribution in [0, 0.1) is 6.92 Å². The van der Waals surface area contributed by atoms with E-state index in [9.17, 15) is 4.79 Å². The van der Waals surface area contributed by atoms with E-state index in [1.165, 1.54) is 11.8 Å². The minimum Gasteiger partial charge on any atom is -0.495 e. The summed E-state index contributed by atoms with van der Waals surface area (Å²) in [6, 6.07) is 11.0. The van der Waals surface area contributed by atoms with Crippen LogP contribution in [-0.2, 0) is 4.74 Å². The van der Waals surface area contributed by atoms with Gasteiger partial charge >= 0.3 is 0 Å². The highest BCUT2D eigenvalue weighted by Crippen LogP contribution is 2.32. The van der Waals surface area contributed by atoms with Crippen molar-refractivity contribution in [2.75, 3.05) is 19.5 Å². The monoisotopic (exact) mass is 416 g/mol. The minimum absolute atomic E-state index is 0.125. The van der Waals surface area contributed by atoms with Gasteiger partial charge in [-0.1, -0.05) is 35.5 Å². The van der Waals surface area contributed by atoms with Crippen LogP contribution < -0.4 is 10.3 Å². The zero-order chi connectivity index (χ0) is 19.7. The number of hydrogen-bond donors (Lipinski definition) is 0. The molecule has 1 aromatic heterocycles. The van der Waals surface area contributed by atoms with E-state index in [1.54, 1.807) is 23.8 Å². The Morgan fingerprint density at radius 3 is 2.93 bits per heavy atom. The van der Waals surface area contributed by atoms with Gasteiger partial charge in [-0.05, 0) is 43.5 Å². The SMILES string of the molecule is COc1cc(Cl)c(C)cc1-n1c(SC[C@@H]2CCCO2)nc2ccccc2c1=O. The van der Waals surface area contributed by atoms with Crippen molar-refractivity contribution in [2.45, 2.75) is 31.0 Å².